The second kappa shape index (κ2) is 7.72. The van der Waals surface area contributed by atoms with Crippen molar-refractivity contribution in [3.05, 3.63) is 40.9 Å². The van der Waals surface area contributed by atoms with Gasteiger partial charge in [0.1, 0.15) is 0 Å². The first kappa shape index (κ1) is 19.0. The lowest BCUT2D eigenvalue weighted by Crippen LogP contribution is -2.34. The Morgan fingerprint density at radius 1 is 1.28 bits per heavy atom. The van der Waals surface area contributed by atoms with Crippen LogP contribution >= 0.6 is 11.3 Å². The molecule has 10 heteroatoms. The summed E-state index contributed by atoms with van der Waals surface area (Å²) in [6.07, 6.45) is -0.0198. The molecule has 3 N–H and O–H groups in total. The van der Waals surface area contributed by atoms with Crippen LogP contribution < -0.4 is 11.1 Å². The molecule has 0 bridgehead atoms. The summed E-state index contributed by atoms with van der Waals surface area (Å²) >= 11 is 1.13. The number of rotatable bonds is 7. The molecule has 0 atom stereocenters. The number of aromatic nitrogens is 1. The Hall–Kier alpha value is -2.30. The van der Waals surface area contributed by atoms with Gasteiger partial charge in [-0.25, -0.2) is 13.4 Å². The summed E-state index contributed by atoms with van der Waals surface area (Å²) < 4.78 is 25.8. The van der Waals surface area contributed by atoms with Crippen LogP contribution in [0.2, 0.25) is 0 Å². The summed E-state index contributed by atoms with van der Waals surface area (Å²) in [5.41, 5.74) is 6.47. The van der Waals surface area contributed by atoms with Gasteiger partial charge in [-0.1, -0.05) is 17.7 Å². The van der Waals surface area contributed by atoms with Gasteiger partial charge >= 0.3 is 0 Å². The first-order valence-electron chi connectivity index (χ1n) is 7.24. The second-order valence-corrected chi connectivity index (χ2v) is 8.31. The van der Waals surface area contributed by atoms with Crippen molar-refractivity contribution in [2.24, 2.45) is 5.73 Å². The van der Waals surface area contributed by atoms with Crippen molar-refractivity contribution in [2.75, 3.05) is 18.9 Å². The monoisotopic (exact) mass is 382 g/mol. The van der Waals surface area contributed by atoms with Crippen LogP contribution in [0.4, 0.5) is 5.13 Å². The summed E-state index contributed by atoms with van der Waals surface area (Å²) in [4.78, 5) is 27.0. The van der Waals surface area contributed by atoms with Crippen LogP contribution in [0.1, 0.15) is 11.3 Å². The second-order valence-electron chi connectivity index (χ2n) is 5.41. The van der Waals surface area contributed by atoms with Crippen molar-refractivity contribution < 1.29 is 18.0 Å². The van der Waals surface area contributed by atoms with E-state index in [1.165, 1.54) is 19.2 Å². The van der Waals surface area contributed by atoms with E-state index < -0.39 is 21.8 Å². The fraction of sp³-hybridized carbons (Fsp3) is 0.267. The molecule has 2 amide bonds. The number of sulfonamides is 1. The number of nitrogens with zero attached hydrogens (tertiary/aromatic N) is 2. The van der Waals surface area contributed by atoms with Crippen molar-refractivity contribution >= 4 is 38.3 Å². The van der Waals surface area contributed by atoms with Crippen molar-refractivity contribution in [1.29, 1.82) is 0 Å². The van der Waals surface area contributed by atoms with E-state index >= 15 is 0 Å². The number of amides is 2. The number of carbonyl (C=O) groups excluding carboxylic acids is 2. The number of benzene rings is 1. The number of nitrogens with two attached hydrogens (primary N) is 1. The Morgan fingerprint density at radius 3 is 2.52 bits per heavy atom. The number of thiazole rings is 1. The van der Waals surface area contributed by atoms with Gasteiger partial charge in [-0.05, 0) is 19.1 Å². The van der Waals surface area contributed by atoms with Gasteiger partial charge in [-0.3, -0.25) is 9.59 Å². The summed E-state index contributed by atoms with van der Waals surface area (Å²) in [7, 11) is -2.43. The fourth-order valence-corrected chi connectivity index (χ4v) is 3.81. The van der Waals surface area contributed by atoms with Gasteiger partial charge in [0.15, 0.2) is 5.13 Å². The summed E-state index contributed by atoms with van der Waals surface area (Å²) in [6.45, 7) is 1.50. The maximum Gasteiger partial charge on any atom is 0.243 e. The third-order valence-electron chi connectivity index (χ3n) is 3.25. The van der Waals surface area contributed by atoms with Crippen LogP contribution in [0.25, 0.3) is 0 Å². The fourth-order valence-electron chi connectivity index (χ4n) is 1.96. The van der Waals surface area contributed by atoms with Crippen molar-refractivity contribution in [3.8, 4) is 0 Å². The van der Waals surface area contributed by atoms with Gasteiger partial charge in [0.05, 0.1) is 23.6 Å². The molecule has 0 spiro atoms. The Morgan fingerprint density at radius 2 is 1.92 bits per heavy atom. The zero-order chi connectivity index (χ0) is 18.6. The van der Waals surface area contributed by atoms with Crippen molar-refractivity contribution in [2.45, 2.75) is 18.2 Å². The van der Waals surface area contributed by atoms with E-state index in [0.717, 1.165) is 21.2 Å². The first-order valence-corrected chi connectivity index (χ1v) is 9.56. The number of hydrogen-bond donors (Lipinski definition) is 2. The van der Waals surface area contributed by atoms with Gasteiger partial charge in [-0.15, -0.1) is 11.3 Å². The number of nitrogens with one attached hydrogen (secondary N) is 1. The quantitative estimate of drug-likeness (QED) is 0.731. The summed E-state index contributed by atoms with van der Waals surface area (Å²) in [5, 5.41) is 4.39. The number of aryl methyl sites for hydroxylation is 1. The lowest BCUT2D eigenvalue weighted by molar-refractivity contribution is -0.117. The van der Waals surface area contributed by atoms with E-state index in [-0.39, 0.29) is 23.0 Å². The highest BCUT2D eigenvalue weighted by Gasteiger charge is 2.23. The number of primary amides is 1. The van der Waals surface area contributed by atoms with E-state index in [9.17, 15) is 18.0 Å². The Balaban J connectivity index is 2.00. The molecular weight excluding hydrogens is 364 g/mol. The maximum absolute atomic E-state index is 12.4. The van der Waals surface area contributed by atoms with Crippen LogP contribution in [-0.4, -0.2) is 43.1 Å². The van der Waals surface area contributed by atoms with E-state index in [1.807, 2.05) is 6.92 Å². The molecule has 1 aromatic heterocycles. The molecule has 2 rings (SSSR count). The topological polar surface area (TPSA) is 122 Å². The lowest BCUT2D eigenvalue weighted by atomic mass is 10.2. The van der Waals surface area contributed by atoms with Gasteiger partial charge in [-0.2, -0.15) is 4.31 Å². The standard InChI is InChI=1S/C15H18N4O4S2/c1-10-3-5-12(6-4-10)25(22,23)19(2)8-14(21)18-15-17-11(9-24-15)7-13(16)20/h3-6,9H,7-8H2,1-2H3,(H2,16,20)(H,17,18,21). The molecule has 0 aliphatic rings. The number of hydrogen-bond acceptors (Lipinski definition) is 6. The molecule has 0 radical (unpaired) electrons. The first-order chi connectivity index (χ1) is 11.7. The van der Waals surface area contributed by atoms with Crippen LogP contribution in [0.5, 0.6) is 0 Å². The molecule has 2 aromatic rings. The Labute approximate surface area is 149 Å². The van der Waals surface area contributed by atoms with Crippen molar-refractivity contribution in [1.82, 2.24) is 9.29 Å². The van der Waals surface area contributed by atoms with E-state index in [2.05, 4.69) is 10.3 Å². The lowest BCUT2D eigenvalue weighted by Gasteiger charge is -2.16. The van der Waals surface area contributed by atoms with Crippen molar-refractivity contribution in [3.63, 3.8) is 0 Å². The SMILES string of the molecule is Cc1ccc(S(=O)(=O)N(C)CC(=O)Nc2nc(CC(N)=O)cs2)cc1. The average molecular weight is 382 g/mol. The molecule has 0 aliphatic heterocycles. The minimum atomic E-state index is -3.76. The number of anilines is 1. The van der Waals surface area contributed by atoms with Crippen LogP contribution in [0.3, 0.4) is 0 Å². The molecule has 0 unspecified atom stereocenters. The highest BCUT2D eigenvalue weighted by atomic mass is 32.2. The van der Waals surface area contributed by atoms with E-state index in [0.29, 0.717) is 5.69 Å². The third-order valence-corrected chi connectivity index (χ3v) is 5.87. The zero-order valence-corrected chi connectivity index (χ0v) is 15.4. The number of carbonyl (C=O) groups is 2. The van der Waals surface area contributed by atoms with Gasteiger partial charge in [0.25, 0.3) is 0 Å². The molecule has 134 valence electrons. The van der Waals surface area contributed by atoms with Gasteiger partial charge in [0.2, 0.25) is 21.8 Å². The average Bonchev–Trinajstić information content (AvgIpc) is 2.93. The Kier molecular flexibility index (Phi) is 5.88. The van der Waals surface area contributed by atoms with Crippen LogP contribution in [0.15, 0.2) is 34.5 Å². The van der Waals surface area contributed by atoms with Crippen LogP contribution in [-0.2, 0) is 26.0 Å². The minimum absolute atomic E-state index is 0.0198. The largest absolute Gasteiger partial charge is 0.369 e. The van der Waals surface area contributed by atoms with E-state index in [4.69, 9.17) is 5.73 Å². The molecule has 0 fully saturated rings. The van der Waals surface area contributed by atoms with Gasteiger partial charge < -0.3 is 11.1 Å². The summed E-state index contributed by atoms with van der Waals surface area (Å²) in [5.74, 6) is -1.05. The maximum atomic E-state index is 12.4. The van der Waals surface area contributed by atoms with Gasteiger partial charge in [0, 0.05) is 12.4 Å². The van der Waals surface area contributed by atoms with E-state index in [1.54, 1.807) is 17.5 Å². The highest BCUT2D eigenvalue weighted by Crippen LogP contribution is 2.17. The smallest absolute Gasteiger partial charge is 0.243 e. The number of likely N-dealkylation sites (N-methyl/N-ethyl adjacent to an activating group) is 1. The molecular formula is C15H18N4O4S2. The minimum Gasteiger partial charge on any atom is -0.369 e. The third kappa shape index (κ3) is 5.08. The summed E-state index contributed by atoms with van der Waals surface area (Å²) in [6, 6.07) is 6.37. The molecule has 0 saturated carbocycles. The normalized spacial score (nSPS) is 11.5. The predicted molar refractivity (Wildman–Crippen MR) is 94.6 cm³/mol. The zero-order valence-electron chi connectivity index (χ0n) is 13.7. The molecule has 1 heterocycles. The molecule has 1 aromatic carbocycles. The molecule has 0 aliphatic carbocycles. The predicted octanol–water partition coefficient (Wildman–Crippen LogP) is 0.739. The highest BCUT2D eigenvalue weighted by molar-refractivity contribution is 7.89. The molecule has 0 saturated heterocycles. The Bertz CT molecular complexity index is 875. The molecule has 25 heavy (non-hydrogen) atoms. The molecule has 8 nitrogen and oxygen atoms in total. The van der Waals surface area contributed by atoms with Crippen LogP contribution in [0, 0.1) is 6.92 Å².